The summed E-state index contributed by atoms with van der Waals surface area (Å²) in [6.45, 7) is 4.05. The van der Waals surface area contributed by atoms with Gasteiger partial charge in [-0.1, -0.05) is 24.6 Å². The summed E-state index contributed by atoms with van der Waals surface area (Å²) in [5, 5.41) is 12.0. The second-order valence-electron chi connectivity index (χ2n) is 6.81. The summed E-state index contributed by atoms with van der Waals surface area (Å²) in [7, 11) is 0. The Hall–Kier alpha value is -2.46. The zero-order valence-electron chi connectivity index (χ0n) is 14.5. The third kappa shape index (κ3) is 3.10. The molecule has 1 fully saturated rings. The number of hydrogen-bond donors (Lipinski definition) is 1. The first-order chi connectivity index (χ1) is 12.2. The Morgan fingerprint density at radius 2 is 1.68 bits per heavy atom. The summed E-state index contributed by atoms with van der Waals surface area (Å²) >= 11 is 0. The van der Waals surface area contributed by atoms with E-state index in [0.717, 1.165) is 29.7 Å². The van der Waals surface area contributed by atoms with Crippen LogP contribution in [0.25, 0.3) is 10.9 Å². The molecule has 3 aromatic rings. The molecule has 4 rings (SSSR count). The number of likely N-dealkylation sites (tertiary alicyclic amines) is 1. The lowest BCUT2D eigenvalue weighted by atomic mass is 9.94. The summed E-state index contributed by atoms with van der Waals surface area (Å²) in [5.74, 6) is 0.300. The van der Waals surface area contributed by atoms with Crippen molar-refractivity contribution in [1.29, 1.82) is 0 Å². The molecule has 1 N–H and O–H groups in total. The lowest BCUT2D eigenvalue weighted by Crippen LogP contribution is -2.34. The molecule has 4 nitrogen and oxygen atoms in total. The molecule has 1 unspecified atom stereocenters. The van der Waals surface area contributed by atoms with Gasteiger partial charge in [0.15, 0.2) is 0 Å². The van der Waals surface area contributed by atoms with Gasteiger partial charge in [0.25, 0.3) is 0 Å². The van der Waals surface area contributed by atoms with E-state index in [1.807, 2.05) is 49.6 Å². The predicted octanol–water partition coefficient (Wildman–Crippen LogP) is 4.22. The van der Waals surface area contributed by atoms with Crippen molar-refractivity contribution >= 4 is 10.9 Å². The Labute approximate surface area is 148 Å². The van der Waals surface area contributed by atoms with Gasteiger partial charge < -0.3 is 5.11 Å². The Morgan fingerprint density at radius 3 is 2.44 bits per heavy atom. The first-order valence-corrected chi connectivity index (χ1v) is 8.97. The van der Waals surface area contributed by atoms with E-state index in [2.05, 4.69) is 20.9 Å². The predicted molar refractivity (Wildman–Crippen MR) is 99.6 cm³/mol. The van der Waals surface area contributed by atoms with E-state index in [-0.39, 0.29) is 6.04 Å². The maximum atomic E-state index is 11.0. The summed E-state index contributed by atoms with van der Waals surface area (Å²) in [6, 6.07) is 12.2. The average Bonchev–Trinajstić information content (AvgIpc) is 2.66. The minimum Gasteiger partial charge on any atom is -0.505 e. The molecule has 2 aromatic heterocycles. The third-order valence-corrected chi connectivity index (χ3v) is 5.08. The molecule has 1 aromatic carbocycles. The molecule has 0 aliphatic carbocycles. The first kappa shape index (κ1) is 16.0. The van der Waals surface area contributed by atoms with E-state index in [1.54, 1.807) is 0 Å². The average molecular weight is 333 g/mol. The standard InChI is InChI=1S/C21H23N3O/c1-15-5-6-16-7-8-18(21(25)19(16)23-15)20(17-9-11-22-12-10-17)24-13-3-2-4-14-24/h5-12,20,25H,2-4,13-14H2,1H3. The van der Waals surface area contributed by atoms with Crippen LogP contribution in [0.2, 0.25) is 0 Å². The summed E-state index contributed by atoms with van der Waals surface area (Å²) in [6.07, 6.45) is 7.34. The van der Waals surface area contributed by atoms with Crippen LogP contribution in [-0.2, 0) is 0 Å². The van der Waals surface area contributed by atoms with Gasteiger partial charge in [-0.3, -0.25) is 9.88 Å². The Morgan fingerprint density at radius 1 is 0.960 bits per heavy atom. The fraction of sp³-hybridized carbons (Fsp3) is 0.333. The summed E-state index contributed by atoms with van der Waals surface area (Å²) < 4.78 is 0. The normalized spacial score (nSPS) is 16.8. The fourth-order valence-corrected chi connectivity index (χ4v) is 3.82. The molecule has 1 saturated heterocycles. The van der Waals surface area contributed by atoms with Crippen LogP contribution in [0.1, 0.15) is 42.1 Å². The van der Waals surface area contributed by atoms with Crippen LogP contribution in [0.3, 0.4) is 0 Å². The number of benzene rings is 1. The van der Waals surface area contributed by atoms with Gasteiger partial charge >= 0.3 is 0 Å². The van der Waals surface area contributed by atoms with E-state index in [9.17, 15) is 5.11 Å². The zero-order valence-corrected chi connectivity index (χ0v) is 14.5. The summed E-state index contributed by atoms with van der Waals surface area (Å²) in [5.41, 5.74) is 3.70. The van der Waals surface area contributed by atoms with Crippen molar-refractivity contribution in [1.82, 2.24) is 14.9 Å². The van der Waals surface area contributed by atoms with Crippen LogP contribution in [-0.4, -0.2) is 33.1 Å². The van der Waals surface area contributed by atoms with Gasteiger partial charge in [0.2, 0.25) is 0 Å². The number of fused-ring (bicyclic) bond motifs is 1. The maximum Gasteiger partial charge on any atom is 0.146 e. The van der Waals surface area contributed by atoms with Gasteiger partial charge in [0, 0.05) is 29.0 Å². The van der Waals surface area contributed by atoms with E-state index in [0.29, 0.717) is 11.3 Å². The van der Waals surface area contributed by atoms with Crippen molar-refractivity contribution in [2.24, 2.45) is 0 Å². The smallest absolute Gasteiger partial charge is 0.146 e. The van der Waals surface area contributed by atoms with E-state index in [4.69, 9.17) is 0 Å². The number of hydrogen-bond acceptors (Lipinski definition) is 4. The van der Waals surface area contributed by atoms with Gasteiger partial charge in [0.1, 0.15) is 11.3 Å². The molecule has 1 atom stereocenters. The largest absolute Gasteiger partial charge is 0.505 e. The second-order valence-corrected chi connectivity index (χ2v) is 6.81. The van der Waals surface area contributed by atoms with Crippen LogP contribution in [0.15, 0.2) is 48.8 Å². The highest BCUT2D eigenvalue weighted by Gasteiger charge is 2.27. The highest BCUT2D eigenvalue weighted by atomic mass is 16.3. The highest BCUT2D eigenvalue weighted by Crippen LogP contribution is 2.38. The van der Waals surface area contributed by atoms with Gasteiger partial charge in [0.05, 0.1) is 6.04 Å². The van der Waals surface area contributed by atoms with Crippen LogP contribution >= 0.6 is 0 Å². The molecule has 0 bridgehead atoms. The van der Waals surface area contributed by atoms with Gasteiger partial charge in [-0.25, -0.2) is 4.98 Å². The number of piperidine rings is 1. The zero-order chi connectivity index (χ0) is 17.2. The molecule has 1 aliphatic rings. The number of pyridine rings is 2. The molecule has 1 aliphatic heterocycles. The number of aromatic hydroxyl groups is 1. The number of nitrogens with zero attached hydrogens (tertiary/aromatic N) is 3. The van der Waals surface area contributed by atoms with Crippen molar-refractivity contribution in [2.75, 3.05) is 13.1 Å². The lowest BCUT2D eigenvalue weighted by molar-refractivity contribution is 0.185. The molecule has 0 radical (unpaired) electrons. The van der Waals surface area contributed by atoms with Crippen molar-refractivity contribution in [3.05, 3.63) is 65.6 Å². The molecule has 0 spiro atoms. The molecule has 25 heavy (non-hydrogen) atoms. The molecule has 128 valence electrons. The number of aryl methyl sites for hydroxylation is 1. The van der Waals surface area contributed by atoms with Gasteiger partial charge in [-0.2, -0.15) is 0 Å². The highest BCUT2D eigenvalue weighted by molar-refractivity contribution is 5.86. The van der Waals surface area contributed by atoms with Crippen LogP contribution in [0, 0.1) is 6.92 Å². The Bertz CT molecular complexity index is 873. The quantitative estimate of drug-likeness (QED) is 0.780. The number of phenolic OH excluding ortho intramolecular Hbond substituents is 1. The van der Waals surface area contributed by atoms with E-state index < -0.39 is 0 Å². The Balaban J connectivity index is 1.86. The monoisotopic (exact) mass is 333 g/mol. The minimum atomic E-state index is 0.0370. The van der Waals surface area contributed by atoms with Crippen LogP contribution in [0.4, 0.5) is 0 Å². The SMILES string of the molecule is Cc1ccc2ccc(C(c3ccncc3)N3CCCCC3)c(O)c2n1. The second kappa shape index (κ2) is 6.81. The molecular weight excluding hydrogens is 310 g/mol. The molecule has 0 saturated carbocycles. The number of rotatable bonds is 3. The minimum absolute atomic E-state index is 0.0370. The summed E-state index contributed by atoms with van der Waals surface area (Å²) in [4.78, 5) is 11.2. The van der Waals surface area contributed by atoms with Crippen molar-refractivity contribution in [3.8, 4) is 5.75 Å². The topological polar surface area (TPSA) is 49.2 Å². The first-order valence-electron chi connectivity index (χ1n) is 8.97. The third-order valence-electron chi connectivity index (χ3n) is 5.08. The molecule has 0 amide bonds. The number of phenols is 1. The van der Waals surface area contributed by atoms with Crippen molar-refractivity contribution < 1.29 is 5.11 Å². The molecular formula is C21H23N3O. The fourth-order valence-electron chi connectivity index (χ4n) is 3.82. The van der Waals surface area contributed by atoms with Gasteiger partial charge in [-0.05, 0) is 56.6 Å². The van der Waals surface area contributed by atoms with Crippen molar-refractivity contribution in [2.45, 2.75) is 32.2 Å². The molecule has 3 heterocycles. The van der Waals surface area contributed by atoms with Crippen LogP contribution in [0.5, 0.6) is 5.75 Å². The number of aromatic nitrogens is 2. The molecule has 4 heteroatoms. The van der Waals surface area contributed by atoms with E-state index in [1.165, 1.54) is 24.8 Å². The lowest BCUT2D eigenvalue weighted by Gasteiger charge is -2.35. The van der Waals surface area contributed by atoms with Crippen LogP contribution < -0.4 is 0 Å². The van der Waals surface area contributed by atoms with Gasteiger partial charge in [-0.15, -0.1) is 0 Å². The van der Waals surface area contributed by atoms with Crippen molar-refractivity contribution in [3.63, 3.8) is 0 Å². The Kier molecular flexibility index (Phi) is 4.36. The maximum absolute atomic E-state index is 11.0. The van der Waals surface area contributed by atoms with E-state index >= 15 is 0 Å².